The van der Waals surface area contributed by atoms with E-state index < -0.39 is 0 Å². The largest absolute Gasteiger partial charge is 0.459 e. The number of furan rings is 1. The summed E-state index contributed by atoms with van der Waals surface area (Å²) in [7, 11) is 1.76. The van der Waals surface area contributed by atoms with Gasteiger partial charge in [0.1, 0.15) is 11.3 Å². The predicted octanol–water partition coefficient (Wildman–Crippen LogP) is 3.32. The number of fused-ring (bicyclic) bond motifs is 2. The third-order valence-electron chi connectivity index (χ3n) is 4.16. The van der Waals surface area contributed by atoms with E-state index in [1.54, 1.807) is 18.4 Å². The van der Waals surface area contributed by atoms with Crippen molar-refractivity contribution in [2.75, 3.05) is 7.05 Å². The van der Waals surface area contributed by atoms with Crippen LogP contribution in [0.15, 0.2) is 51.4 Å². The molecule has 3 aromatic heterocycles. The Kier molecular flexibility index (Phi) is 4.15. The zero-order chi connectivity index (χ0) is 17.2. The summed E-state index contributed by atoms with van der Waals surface area (Å²) < 4.78 is 7.95. The molecule has 0 amide bonds. The number of thiazole rings is 1. The van der Waals surface area contributed by atoms with Crippen LogP contribution in [0.2, 0.25) is 0 Å². The Morgan fingerprint density at radius 3 is 2.92 bits per heavy atom. The molecule has 0 bridgehead atoms. The third-order valence-corrected chi connectivity index (χ3v) is 4.93. The van der Waals surface area contributed by atoms with Gasteiger partial charge in [0.2, 0.25) is 0 Å². The van der Waals surface area contributed by atoms with Crippen LogP contribution in [-0.2, 0) is 13.1 Å². The second-order valence-electron chi connectivity index (χ2n) is 5.75. The highest BCUT2D eigenvalue weighted by atomic mass is 32.1. The lowest BCUT2D eigenvalue weighted by molar-refractivity contribution is 0.534. The van der Waals surface area contributed by atoms with Crippen LogP contribution in [0.5, 0.6) is 0 Å². The zero-order valence-electron chi connectivity index (χ0n) is 14.1. The van der Waals surface area contributed by atoms with E-state index in [4.69, 9.17) is 4.42 Å². The molecule has 7 heteroatoms. The van der Waals surface area contributed by atoms with Crippen LogP contribution in [0.25, 0.3) is 15.9 Å². The smallest absolute Gasteiger partial charge is 0.193 e. The summed E-state index contributed by atoms with van der Waals surface area (Å²) in [6.45, 7) is 3.28. The van der Waals surface area contributed by atoms with Gasteiger partial charge in [-0.3, -0.25) is 9.39 Å². The average Bonchev–Trinajstić information content (AvgIpc) is 3.29. The van der Waals surface area contributed by atoms with Crippen LogP contribution >= 0.6 is 11.3 Å². The Labute approximate surface area is 149 Å². The van der Waals surface area contributed by atoms with Gasteiger partial charge in [-0.15, -0.1) is 11.3 Å². The maximum absolute atomic E-state index is 5.93. The van der Waals surface area contributed by atoms with Gasteiger partial charge >= 0.3 is 0 Å². The third kappa shape index (κ3) is 3.10. The maximum Gasteiger partial charge on any atom is 0.193 e. The van der Waals surface area contributed by atoms with Crippen LogP contribution in [-0.4, -0.2) is 22.4 Å². The topological polar surface area (TPSA) is 66.9 Å². The molecule has 25 heavy (non-hydrogen) atoms. The van der Waals surface area contributed by atoms with Gasteiger partial charge in [0.05, 0.1) is 18.8 Å². The molecule has 0 atom stereocenters. The molecule has 0 fully saturated rings. The van der Waals surface area contributed by atoms with E-state index in [9.17, 15) is 0 Å². The van der Waals surface area contributed by atoms with Crippen molar-refractivity contribution >= 4 is 33.2 Å². The van der Waals surface area contributed by atoms with Gasteiger partial charge in [0, 0.05) is 35.8 Å². The summed E-state index contributed by atoms with van der Waals surface area (Å²) in [5.74, 6) is 1.64. The standard InChI is InChI=1S/C18H19N5OS/c1-12-14-5-3-4-6-15(14)24-16(12)10-21-17(19-2)20-9-13-11-23-7-8-25-18(23)22-13/h3-8,11H,9-10H2,1-2H3,(H2,19,20,21). The van der Waals surface area contributed by atoms with Crippen molar-refractivity contribution in [2.24, 2.45) is 4.99 Å². The fourth-order valence-corrected chi connectivity index (χ4v) is 3.53. The van der Waals surface area contributed by atoms with Crippen LogP contribution in [0.1, 0.15) is 17.0 Å². The number of hydrogen-bond acceptors (Lipinski definition) is 4. The molecular formula is C18H19N5OS. The Hall–Kier alpha value is -2.80. The first-order chi connectivity index (χ1) is 12.2. The molecule has 0 unspecified atom stereocenters. The van der Waals surface area contributed by atoms with Crippen LogP contribution < -0.4 is 10.6 Å². The molecule has 4 rings (SSSR count). The molecule has 0 aliphatic rings. The van der Waals surface area contributed by atoms with Gasteiger partial charge < -0.3 is 15.1 Å². The Morgan fingerprint density at radius 2 is 2.12 bits per heavy atom. The number of nitrogens with one attached hydrogen (secondary N) is 2. The number of benzene rings is 1. The molecule has 0 saturated carbocycles. The number of guanidine groups is 1. The predicted molar refractivity (Wildman–Crippen MR) is 101 cm³/mol. The number of aliphatic imine (C=N–C) groups is 1. The van der Waals surface area contributed by atoms with Gasteiger partial charge in [0.25, 0.3) is 0 Å². The number of nitrogens with zero attached hydrogens (tertiary/aromatic N) is 3. The lowest BCUT2D eigenvalue weighted by Crippen LogP contribution is -2.36. The first-order valence-electron chi connectivity index (χ1n) is 8.07. The Morgan fingerprint density at radius 1 is 1.28 bits per heavy atom. The monoisotopic (exact) mass is 353 g/mol. The van der Waals surface area contributed by atoms with Crippen molar-refractivity contribution < 1.29 is 4.42 Å². The molecule has 3 heterocycles. The summed E-state index contributed by atoms with van der Waals surface area (Å²) in [6, 6.07) is 8.08. The summed E-state index contributed by atoms with van der Waals surface area (Å²) >= 11 is 1.63. The van der Waals surface area contributed by atoms with Gasteiger partial charge in [-0.25, -0.2) is 4.98 Å². The Bertz CT molecular complexity index is 1010. The summed E-state index contributed by atoms with van der Waals surface area (Å²) in [4.78, 5) is 9.82. The Balaban J connectivity index is 1.39. The summed E-state index contributed by atoms with van der Waals surface area (Å²) in [6.07, 6.45) is 4.03. The molecular weight excluding hydrogens is 334 g/mol. The molecule has 4 aromatic rings. The molecule has 6 nitrogen and oxygen atoms in total. The number of para-hydroxylation sites is 1. The van der Waals surface area contributed by atoms with E-state index in [0.29, 0.717) is 13.1 Å². The van der Waals surface area contributed by atoms with E-state index in [-0.39, 0.29) is 0 Å². The first-order valence-corrected chi connectivity index (χ1v) is 8.95. The normalized spacial score (nSPS) is 12.2. The number of aromatic nitrogens is 2. The second kappa shape index (κ2) is 6.60. The van der Waals surface area contributed by atoms with E-state index in [0.717, 1.165) is 38.9 Å². The summed E-state index contributed by atoms with van der Waals surface area (Å²) in [5.41, 5.74) is 3.06. The SMILES string of the molecule is CN=C(NCc1cn2ccsc2n1)NCc1oc2ccccc2c1C. The van der Waals surface area contributed by atoms with E-state index in [1.165, 1.54) is 0 Å². The quantitative estimate of drug-likeness (QED) is 0.436. The van der Waals surface area contributed by atoms with Crippen molar-refractivity contribution in [3.8, 4) is 0 Å². The molecule has 0 spiro atoms. The second-order valence-corrected chi connectivity index (χ2v) is 6.62. The molecule has 0 radical (unpaired) electrons. The van der Waals surface area contributed by atoms with Gasteiger partial charge in [0.15, 0.2) is 10.9 Å². The van der Waals surface area contributed by atoms with Crippen LogP contribution in [0.4, 0.5) is 0 Å². The van der Waals surface area contributed by atoms with Crippen molar-refractivity contribution in [1.82, 2.24) is 20.0 Å². The minimum atomic E-state index is 0.582. The van der Waals surface area contributed by atoms with Gasteiger partial charge in [-0.1, -0.05) is 18.2 Å². The van der Waals surface area contributed by atoms with E-state index in [2.05, 4.69) is 33.6 Å². The van der Waals surface area contributed by atoms with Crippen molar-refractivity contribution in [3.05, 3.63) is 59.1 Å². The molecule has 1 aromatic carbocycles. The average molecular weight is 353 g/mol. The van der Waals surface area contributed by atoms with E-state index in [1.807, 2.05) is 40.4 Å². The van der Waals surface area contributed by atoms with Gasteiger partial charge in [-0.2, -0.15) is 0 Å². The fourth-order valence-electron chi connectivity index (χ4n) is 2.81. The zero-order valence-corrected chi connectivity index (χ0v) is 14.9. The van der Waals surface area contributed by atoms with Crippen molar-refractivity contribution in [1.29, 1.82) is 0 Å². The van der Waals surface area contributed by atoms with Gasteiger partial charge in [-0.05, 0) is 13.0 Å². The minimum absolute atomic E-state index is 0.582. The fraction of sp³-hybridized carbons (Fsp3) is 0.222. The first kappa shape index (κ1) is 15.7. The highest BCUT2D eigenvalue weighted by Gasteiger charge is 2.10. The minimum Gasteiger partial charge on any atom is -0.459 e. The highest BCUT2D eigenvalue weighted by molar-refractivity contribution is 7.15. The molecule has 0 aliphatic carbocycles. The number of hydrogen-bond donors (Lipinski definition) is 2. The lowest BCUT2D eigenvalue weighted by atomic mass is 10.1. The molecule has 128 valence electrons. The number of imidazole rings is 1. The maximum atomic E-state index is 5.93. The molecule has 0 saturated heterocycles. The molecule has 2 N–H and O–H groups in total. The van der Waals surface area contributed by atoms with Crippen LogP contribution in [0, 0.1) is 6.92 Å². The van der Waals surface area contributed by atoms with E-state index >= 15 is 0 Å². The number of aryl methyl sites for hydroxylation is 1. The lowest BCUT2D eigenvalue weighted by Gasteiger charge is -2.10. The summed E-state index contributed by atoms with van der Waals surface area (Å²) in [5, 5.41) is 9.76. The van der Waals surface area contributed by atoms with Crippen molar-refractivity contribution in [3.63, 3.8) is 0 Å². The highest BCUT2D eigenvalue weighted by Crippen LogP contribution is 2.24. The van der Waals surface area contributed by atoms with Crippen molar-refractivity contribution in [2.45, 2.75) is 20.0 Å². The molecule has 0 aliphatic heterocycles. The number of rotatable bonds is 4. The van der Waals surface area contributed by atoms with Crippen LogP contribution in [0.3, 0.4) is 0 Å².